The predicted molar refractivity (Wildman–Crippen MR) is 63.9 cm³/mol. The number of fused-ring (bicyclic) bond motifs is 1. The van der Waals surface area contributed by atoms with Crippen molar-refractivity contribution in [3.63, 3.8) is 0 Å². The maximum absolute atomic E-state index is 6.16. The third kappa shape index (κ3) is 1.50. The Morgan fingerprint density at radius 3 is 3.08 bits per heavy atom. The van der Waals surface area contributed by atoms with Gasteiger partial charge in [-0.1, -0.05) is 18.2 Å². The molecule has 0 aromatic heterocycles. The van der Waals surface area contributed by atoms with Gasteiger partial charge in [0, 0.05) is 27.5 Å². The van der Waals surface area contributed by atoms with Gasteiger partial charge in [0.2, 0.25) is 0 Å². The highest BCUT2D eigenvalue weighted by Gasteiger charge is 2.32. The van der Waals surface area contributed by atoms with Crippen LogP contribution in [-0.2, 0) is 0 Å². The maximum atomic E-state index is 6.16. The van der Waals surface area contributed by atoms with Crippen molar-refractivity contribution in [3.05, 3.63) is 33.6 Å². The van der Waals surface area contributed by atoms with Gasteiger partial charge in [-0.2, -0.15) is 0 Å². The van der Waals surface area contributed by atoms with Crippen molar-refractivity contribution in [2.24, 2.45) is 16.6 Å². The Labute approximate surface area is 91.4 Å². The summed E-state index contributed by atoms with van der Waals surface area (Å²) < 4.78 is 1.23. The molecule has 2 nitrogen and oxygen atoms in total. The fourth-order valence-corrected chi connectivity index (χ4v) is 2.30. The number of nitrogens with zero attached hydrogens (tertiary/aromatic N) is 1. The van der Waals surface area contributed by atoms with Crippen LogP contribution in [0.3, 0.4) is 0 Å². The largest absolute Gasteiger partial charge is 0.321 e. The van der Waals surface area contributed by atoms with Gasteiger partial charge < -0.3 is 5.73 Å². The molecule has 0 fully saturated rings. The highest BCUT2D eigenvalue weighted by Crippen LogP contribution is 2.35. The van der Waals surface area contributed by atoms with E-state index < -0.39 is 0 Å². The quantitative estimate of drug-likeness (QED) is 0.681. The van der Waals surface area contributed by atoms with E-state index in [0.29, 0.717) is 0 Å². The van der Waals surface area contributed by atoms with Crippen molar-refractivity contribution >= 4 is 28.8 Å². The van der Waals surface area contributed by atoms with Gasteiger partial charge in [-0.05, 0) is 35.1 Å². The lowest BCUT2D eigenvalue weighted by molar-refractivity contribution is 0.483. The minimum Gasteiger partial charge on any atom is -0.321 e. The number of allylic oxidation sites excluding steroid dienone is 2. The van der Waals surface area contributed by atoms with Crippen LogP contribution in [0.1, 0.15) is 6.92 Å². The van der Waals surface area contributed by atoms with E-state index in [0.717, 1.165) is 0 Å². The van der Waals surface area contributed by atoms with Gasteiger partial charge in [-0.3, -0.25) is 4.99 Å². The second kappa shape index (κ2) is 3.06. The zero-order valence-corrected chi connectivity index (χ0v) is 9.52. The van der Waals surface area contributed by atoms with E-state index in [-0.39, 0.29) is 11.5 Å². The number of hydrogen-bond acceptors (Lipinski definition) is 2. The molecule has 0 saturated heterocycles. The number of hydrogen-bond donors (Lipinski definition) is 1. The topological polar surface area (TPSA) is 38.4 Å². The van der Waals surface area contributed by atoms with Crippen LogP contribution >= 0.6 is 22.6 Å². The zero-order valence-electron chi connectivity index (χ0n) is 7.37. The second-order valence-corrected chi connectivity index (χ2v) is 4.76. The summed E-state index contributed by atoms with van der Waals surface area (Å²) in [6.45, 7) is 2.04. The summed E-state index contributed by atoms with van der Waals surface area (Å²) in [5.74, 6) is 0.280. The maximum Gasteiger partial charge on any atom is 0.0420 e. The number of halogens is 1. The van der Waals surface area contributed by atoms with Crippen LogP contribution in [-0.4, -0.2) is 11.8 Å². The number of nitrogens with two attached hydrogens (primary N) is 1. The van der Waals surface area contributed by atoms with Gasteiger partial charge in [-0.25, -0.2) is 0 Å². The molecular formula is C10H11IN2. The summed E-state index contributed by atoms with van der Waals surface area (Å²) in [5.41, 5.74) is 7.12. The van der Waals surface area contributed by atoms with E-state index in [1.54, 1.807) is 0 Å². The van der Waals surface area contributed by atoms with E-state index in [4.69, 9.17) is 5.73 Å². The monoisotopic (exact) mass is 286 g/mol. The first-order valence-electron chi connectivity index (χ1n) is 4.19. The zero-order chi connectivity index (χ0) is 9.47. The summed E-state index contributed by atoms with van der Waals surface area (Å²) in [6.07, 6.45) is 9.92. The average molecular weight is 286 g/mol. The molecule has 0 amide bonds. The van der Waals surface area contributed by atoms with Crippen molar-refractivity contribution < 1.29 is 0 Å². The highest BCUT2D eigenvalue weighted by atomic mass is 127. The molecule has 2 N–H and O–H groups in total. The van der Waals surface area contributed by atoms with Gasteiger partial charge in [0.05, 0.1) is 0 Å². The van der Waals surface area contributed by atoms with Gasteiger partial charge >= 0.3 is 0 Å². The SMILES string of the molecule is CC1(N)C=CC(I)=C2C=NC=CC21. The van der Waals surface area contributed by atoms with Crippen LogP contribution in [0.25, 0.3) is 0 Å². The Morgan fingerprint density at radius 2 is 2.38 bits per heavy atom. The number of aliphatic imine (C=N–C) groups is 1. The fourth-order valence-electron chi connectivity index (χ4n) is 1.65. The van der Waals surface area contributed by atoms with Crippen LogP contribution in [0.15, 0.2) is 38.6 Å². The van der Waals surface area contributed by atoms with Crippen molar-refractivity contribution in [1.29, 1.82) is 0 Å². The fraction of sp³-hybridized carbons (Fsp3) is 0.300. The Kier molecular flexibility index (Phi) is 2.15. The Morgan fingerprint density at radius 1 is 1.62 bits per heavy atom. The highest BCUT2D eigenvalue weighted by molar-refractivity contribution is 14.1. The van der Waals surface area contributed by atoms with Crippen molar-refractivity contribution in [1.82, 2.24) is 0 Å². The van der Waals surface area contributed by atoms with Crippen LogP contribution < -0.4 is 5.73 Å². The third-order valence-electron chi connectivity index (χ3n) is 2.45. The van der Waals surface area contributed by atoms with Crippen LogP contribution in [0, 0.1) is 5.92 Å². The summed E-state index contributed by atoms with van der Waals surface area (Å²) in [5, 5.41) is 0. The van der Waals surface area contributed by atoms with Crippen molar-refractivity contribution in [2.45, 2.75) is 12.5 Å². The molecule has 2 atom stereocenters. The van der Waals surface area contributed by atoms with Gasteiger partial charge in [0.1, 0.15) is 0 Å². The molecule has 0 radical (unpaired) electrons. The first-order valence-corrected chi connectivity index (χ1v) is 5.27. The molecular weight excluding hydrogens is 275 g/mol. The molecule has 2 aliphatic rings. The molecule has 1 aliphatic heterocycles. The van der Waals surface area contributed by atoms with E-state index in [1.165, 1.54) is 9.15 Å². The van der Waals surface area contributed by atoms with E-state index in [1.807, 2.05) is 19.3 Å². The first-order chi connectivity index (χ1) is 6.11. The Hall–Kier alpha value is -0.420. The minimum absolute atomic E-state index is 0.271. The molecule has 0 aromatic rings. The van der Waals surface area contributed by atoms with E-state index in [2.05, 4.69) is 45.8 Å². The van der Waals surface area contributed by atoms with Gasteiger partial charge in [0.15, 0.2) is 0 Å². The van der Waals surface area contributed by atoms with Crippen LogP contribution in [0.5, 0.6) is 0 Å². The number of rotatable bonds is 0. The molecule has 0 saturated carbocycles. The first kappa shape index (κ1) is 9.15. The molecule has 0 bridgehead atoms. The van der Waals surface area contributed by atoms with Crippen molar-refractivity contribution in [2.75, 3.05) is 0 Å². The standard InChI is InChI=1S/C10H11IN2/c1-10(12)4-2-9(11)7-6-13-5-3-8(7)10/h2-6,8H,12H2,1H3. The second-order valence-electron chi connectivity index (χ2n) is 3.60. The molecule has 2 unspecified atom stereocenters. The Balaban J connectivity index is 2.50. The lowest BCUT2D eigenvalue weighted by Gasteiger charge is -2.34. The minimum atomic E-state index is -0.271. The summed E-state index contributed by atoms with van der Waals surface area (Å²) in [7, 11) is 0. The molecule has 0 spiro atoms. The Bertz CT molecular complexity index is 348. The van der Waals surface area contributed by atoms with E-state index in [9.17, 15) is 0 Å². The smallest absolute Gasteiger partial charge is 0.0420 e. The van der Waals surface area contributed by atoms with Crippen LogP contribution in [0.2, 0.25) is 0 Å². The van der Waals surface area contributed by atoms with E-state index >= 15 is 0 Å². The molecule has 1 aliphatic carbocycles. The van der Waals surface area contributed by atoms with Gasteiger partial charge in [0.25, 0.3) is 0 Å². The summed E-state index contributed by atoms with van der Waals surface area (Å²) in [6, 6.07) is 0. The summed E-state index contributed by atoms with van der Waals surface area (Å²) in [4.78, 5) is 4.12. The van der Waals surface area contributed by atoms with Crippen LogP contribution in [0.4, 0.5) is 0 Å². The normalized spacial score (nSPS) is 36.7. The predicted octanol–water partition coefficient (Wildman–Crippen LogP) is 2.18. The molecule has 2 rings (SSSR count). The molecule has 3 heteroatoms. The lowest BCUT2D eigenvalue weighted by atomic mass is 9.77. The van der Waals surface area contributed by atoms with Crippen molar-refractivity contribution in [3.8, 4) is 0 Å². The van der Waals surface area contributed by atoms with Gasteiger partial charge in [-0.15, -0.1) is 0 Å². The average Bonchev–Trinajstić information content (AvgIpc) is 2.13. The summed E-state index contributed by atoms with van der Waals surface area (Å²) >= 11 is 2.32. The molecule has 1 heterocycles. The molecule has 13 heavy (non-hydrogen) atoms. The molecule has 0 aromatic carbocycles. The third-order valence-corrected chi connectivity index (χ3v) is 3.43. The lowest BCUT2D eigenvalue weighted by Crippen LogP contribution is -2.44. The molecule has 68 valence electrons.